The van der Waals surface area contributed by atoms with Crippen molar-refractivity contribution in [1.82, 2.24) is 5.32 Å². The first-order valence-electron chi connectivity index (χ1n) is 10.2. The van der Waals surface area contributed by atoms with Gasteiger partial charge in [-0.15, -0.1) is 0 Å². The van der Waals surface area contributed by atoms with Gasteiger partial charge < -0.3 is 19.5 Å². The molecule has 5 nitrogen and oxygen atoms in total. The van der Waals surface area contributed by atoms with E-state index in [4.69, 9.17) is 14.2 Å². The number of carbonyl (C=O) groups excluding carboxylic acids is 1. The van der Waals surface area contributed by atoms with Gasteiger partial charge in [-0.3, -0.25) is 4.79 Å². The molecule has 0 aliphatic heterocycles. The monoisotopic (exact) mass is 495 g/mol. The Balaban J connectivity index is 1.52. The third-order valence-corrected chi connectivity index (χ3v) is 5.40. The van der Waals surface area contributed by atoms with Crippen LogP contribution in [-0.2, 0) is 17.8 Å². The second kappa shape index (κ2) is 12.0. The van der Waals surface area contributed by atoms with Crippen LogP contribution in [0.25, 0.3) is 6.08 Å². The minimum atomic E-state index is -0.147. The molecule has 0 bridgehead atoms. The third kappa shape index (κ3) is 6.89. The van der Waals surface area contributed by atoms with Crippen LogP contribution in [0.3, 0.4) is 0 Å². The Bertz CT molecular complexity index is 1070. The summed E-state index contributed by atoms with van der Waals surface area (Å²) in [6, 6.07) is 21.4. The van der Waals surface area contributed by atoms with E-state index in [0.717, 1.165) is 26.9 Å². The second-order valence-corrected chi connectivity index (χ2v) is 7.88. The van der Waals surface area contributed by atoms with Crippen LogP contribution in [0.4, 0.5) is 0 Å². The number of methoxy groups -OCH3 is 2. The highest BCUT2D eigenvalue weighted by molar-refractivity contribution is 9.10. The van der Waals surface area contributed by atoms with Gasteiger partial charge in [0.2, 0.25) is 5.91 Å². The zero-order valence-corrected chi connectivity index (χ0v) is 19.7. The first-order chi connectivity index (χ1) is 15.6. The first-order valence-corrected chi connectivity index (χ1v) is 11.0. The fourth-order valence-electron chi connectivity index (χ4n) is 3.07. The van der Waals surface area contributed by atoms with Gasteiger partial charge in [0, 0.05) is 12.6 Å². The average molecular weight is 496 g/mol. The van der Waals surface area contributed by atoms with Crippen molar-refractivity contribution in [2.24, 2.45) is 0 Å². The summed E-state index contributed by atoms with van der Waals surface area (Å²) >= 11 is 3.44. The second-order valence-electron chi connectivity index (χ2n) is 7.03. The fraction of sp³-hybridized carbons (Fsp3) is 0.192. The van der Waals surface area contributed by atoms with Crippen molar-refractivity contribution < 1.29 is 19.0 Å². The summed E-state index contributed by atoms with van der Waals surface area (Å²) < 4.78 is 17.4. The van der Waals surface area contributed by atoms with Gasteiger partial charge in [-0.2, -0.15) is 0 Å². The molecule has 0 heterocycles. The number of hydrogen-bond donors (Lipinski definition) is 1. The SMILES string of the molecule is COc1ccc(/C=C/C(=O)NCCc2ccc(OC)c(OCc3ccccc3)c2)cc1Br. The summed E-state index contributed by atoms with van der Waals surface area (Å²) in [5, 5.41) is 2.91. The highest BCUT2D eigenvalue weighted by Crippen LogP contribution is 2.29. The van der Waals surface area contributed by atoms with Crippen LogP contribution in [0, 0.1) is 0 Å². The molecule has 0 spiro atoms. The average Bonchev–Trinajstić information content (AvgIpc) is 2.82. The minimum absolute atomic E-state index is 0.147. The number of carbonyl (C=O) groups is 1. The predicted octanol–water partition coefficient (Wildman–Crippen LogP) is 5.42. The molecule has 1 N–H and O–H groups in total. The number of ether oxygens (including phenoxy) is 3. The standard InChI is InChI=1S/C26H26BrNO4/c1-30-23-11-8-19(16-22(23)27)10-13-26(29)28-15-14-20-9-12-24(31-2)25(17-20)32-18-21-6-4-3-5-7-21/h3-13,16-17H,14-15,18H2,1-2H3,(H,28,29)/b13-10+. The zero-order chi connectivity index (χ0) is 22.8. The molecule has 0 saturated carbocycles. The molecule has 0 aromatic heterocycles. The molecule has 0 unspecified atom stereocenters. The van der Waals surface area contributed by atoms with Crippen molar-refractivity contribution in [3.05, 3.63) is 94.0 Å². The molecule has 3 rings (SSSR count). The van der Waals surface area contributed by atoms with E-state index in [1.807, 2.05) is 66.7 Å². The van der Waals surface area contributed by atoms with E-state index in [2.05, 4.69) is 21.2 Å². The molecular formula is C26H26BrNO4. The Morgan fingerprint density at radius 1 is 0.906 bits per heavy atom. The maximum atomic E-state index is 12.2. The lowest BCUT2D eigenvalue weighted by Crippen LogP contribution is -2.23. The third-order valence-electron chi connectivity index (χ3n) is 4.78. The molecule has 0 atom stereocenters. The predicted molar refractivity (Wildman–Crippen MR) is 130 cm³/mol. The summed E-state index contributed by atoms with van der Waals surface area (Å²) in [5.74, 6) is 1.97. The van der Waals surface area contributed by atoms with Crippen molar-refractivity contribution in [3.8, 4) is 17.2 Å². The van der Waals surface area contributed by atoms with E-state index >= 15 is 0 Å². The summed E-state index contributed by atoms with van der Waals surface area (Å²) in [6.07, 6.45) is 3.97. The molecule has 166 valence electrons. The Labute approximate surface area is 197 Å². The Morgan fingerprint density at radius 2 is 1.66 bits per heavy atom. The van der Waals surface area contributed by atoms with Gasteiger partial charge in [0.15, 0.2) is 11.5 Å². The van der Waals surface area contributed by atoms with Crippen LogP contribution >= 0.6 is 15.9 Å². The van der Waals surface area contributed by atoms with Crippen molar-refractivity contribution >= 4 is 27.9 Å². The summed E-state index contributed by atoms with van der Waals surface area (Å²) in [7, 11) is 3.24. The van der Waals surface area contributed by atoms with Crippen LogP contribution in [0.2, 0.25) is 0 Å². The van der Waals surface area contributed by atoms with E-state index in [1.165, 1.54) is 6.08 Å². The van der Waals surface area contributed by atoms with Gasteiger partial charge in [-0.05, 0) is 69.4 Å². The van der Waals surface area contributed by atoms with Gasteiger partial charge in [0.05, 0.1) is 18.7 Å². The fourth-order valence-corrected chi connectivity index (χ4v) is 3.63. The van der Waals surface area contributed by atoms with Crippen LogP contribution in [0.5, 0.6) is 17.2 Å². The number of amides is 1. The van der Waals surface area contributed by atoms with Gasteiger partial charge in [0.25, 0.3) is 0 Å². The zero-order valence-electron chi connectivity index (χ0n) is 18.1. The maximum absolute atomic E-state index is 12.2. The van der Waals surface area contributed by atoms with E-state index in [1.54, 1.807) is 20.3 Å². The smallest absolute Gasteiger partial charge is 0.244 e. The lowest BCUT2D eigenvalue weighted by molar-refractivity contribution is -0.116. The molecule has 3 aromatic rings. The van der Waals surface area contributed by atoms with Crippen LogP contribution in [-0.4, -0.2) is 26.7 Å². The number of hydrogen-bond acceptors (Lipinski definition) is 4. The number of nitrogens with one attached hydrogen (secondary N) is 1. The minimum Gasteiger partial charge on any atom is -0.496 e. The van der Waals surface area contributed by atoms with Crippen LogP contribution in [0.15, 0.2) is 77.3 Å². The molecule has 0 aliphatic rings. The molecule has 3 aromatic carbocycles. The van der Waals surface area contributed by atoms with Crippen molar-refractivity contribution in [2.45, 2.75) is 13.0 Å². The lowest BCUT2D eigenvalue weighted by Gasteiger charge is -2.12. The molecule has 1 amide bonds. The number of benzene rings is 3. The Hall–Kier alpha value is -3.25. The molecule has 6 heteroatoms. The molecule has 0 radical (unpaired) electrons. The van der Waals surface area contributed by atoms with Gasteiger partial charge in [0.1, 0.15) is 12.4 Å². The highest BCUT2D eigenvalue weighted by atomic mass is 79.9. The summed E-state index contributed by atoms with van der Waals surface area (Å²) in [4.78, 5) is 12.2. The molecule has 0 fully saturated rings. The maximum Gasteiger partial charge on any atom is 0.244 e. The van der Waals surface area contributed by atoms with E-state index in [9.17, 15) is 4.79 Å². The van der Waals surface area contributed by atoms with Gasteiger partial charge in [-0.1, -0.05) is 42.5 Å². The van der Waals surface area contributed by atoms with E-state index in [-0.39, 0.29) is 5.91 Å². The van der Waals surface area contributed by atoms with Crippen LogP contribution < -0.4 is 19.5 Å². The Kier molecular flexibility index (Phi) is 8.75. The molecule has 0 saturated heterocycles. The van der Waals surface area contributed by atoms with Crippen LogP contribution in [0.1, 0.15) is 16.7 Å². The quantitative estimate of drug-likeness (QED) is 0.381. The summed E-state index contributed by atoms with van der Waals surface area (Å²) in [5.41, 5.74) is 3.04. The topological polar surface area (TPSA) is 56.8 Å². The van der Waals surface area contributed by atoms with E-state index in [0.29, 0.717) is 31.1 Å². The normalized spacial score (nSPS) is 10.7. The first kappa shape index (κ1) is 23.4. The van der Waals surface area contributed by atoms with Crippen molar-refractivity contribution in [2.75, 3.05) is 20.8 Å². The van der Waals surface area contributed by atoms with Crippen molar-refractivity contribution in [3.63, 3.8) is 0 Å². The van der Waals surface area contributed by atoms with Gasteiger partial charge >= 0.3 is 0 Å². The van der Waals surface area contributed by atoms with Crippen molar-refractivity contribution in [1.29, 1.82) is 0 Å². The highest BCUT2D eigenvalue weighted by Gasteiger charge is 2.07. The largest absolute Gasteiger partial charge is 0.496 e. The Morgan fingerprint density at radius 3 is 2.38 bits per heavy atom. The van der Waals surface area contributed by atoms with E-state index < -0.39 is 0 Å². The molecule has 32 heavy (non-hydrogen) atoms. The lowest BCUT2D eigenvalue weighted by atomic mass is 10.1. The molecule has 0 aliphatic carbocycles. The number of rotatable bonds is 10. The summed E-state index contributed by atoms with van der Waals surface area (Å²) in [6.45, 7) is 0.976. The number of halogens is 1. The van der Waals surface area contributed by atoms with Gasteiger partial charge in [-0.25, -0.2) is 0 Å². The molecular weight excluding hydrogens is 470 g/mol.